The molecule has 0 unspecified atom stereocenters. The lowest BCUT2D eigenvalue weighted by Crippen LogP contribution is -2.49. The third-order valence-corrected chi connectivity index (χ3v) is 5.07. The highest BCUT2D eigenvalue weighted by molar-refractivity contribution is 5.89. The van der Waals surface area contributed by atoms with Crippen molar-refractivity contribution in [3.63, 3.8) is 0 Å². The van der Waals surface area contributed by atoms with Gasteiger partial charge in [0.1, 0.15) is 0 Å². The summed E-state index contributed by atoms with van der Waals surface area (Å²) in [4.78, 5) is 26.2. The quantitative estimate of drug-likeness (QED) is 0.569. The molecule has 2 aromatic rings. The van der Waals surface area contributed by atoms with E-state index in [0.29, 0.717) is 6.54 Å². The summed E-state index contributed by atoms with van der Waals surface area (Å²) in [5.74, 6) is -0.654. The molecule has 6 heteroatoms. The van der Waals surface area contributed by atoms with Gasteiger partial charge < -0.3 is 9.64 Å². The lowest BCUT2D eigenvalue weighted by atomic mass is 9.97. The molecule has 28 heavy (non-hydrogen) atoms. The first-order chi connectivity index (χ1) is 13.5. The zero-order valence-corrected chi connectivity index (χ0v) is 16.5. The molecular formula is C22H27N3O3. The largest absolute Gasteiger partial charge is 0.452 e. The Kier molecular flexibility index (Phi) is 6.63. The Bertz CT molecular complexity index is 819. The van der Waals surface area contributed by atoms with Crippen molar-refractivity contribution in [2.45, 2.75) is 51.7 Å². The van der Waals surface area contributed by atoms with Crippen LogP contribution in [0.3, 0.4) is 0 Å². The molecule has 6 nitrogen and oxygen atoms in total. The second-order valence-corrected chi connectivity index (χ2v) is 7.33. The third-order valence-electron chi connectivity index (χ3n) is 5.07. The average Bonchev–Trinajstić information content (AvgIpc) is 3.12. The van der Waals surface area contributed by atoms with E-state index in [1.165, 1.54) is 6.08 Å². The molecule has 2 heterocycles. The van der Waals surface area contributed by atoms with Gasteiger partial charge in [-0.3, -0.25) is 9.48 Å². The number of carbonyl (C=O) groups is 2. The van der Waals surface area contributed by atoms with E-state index in [1.54, 1.807) is 12.3 Å². The van der Waals surface area contributed by atoms with E-state index in [-0.39, 0.29) is 24.6 Å². The standard InChI is InChI=1S/C22H27N3O3/c1-17-7-6-8-18(2)25(17)21(26)16-28-22(27)12-11-20-13-23-24(15-20)14-19-9-4-3-5-10-19/h3-5,9-13,15,17-18H,6-8,14,16H2,1-2H3/b12-11+/t17-,18-/m0/s1. The van der Waals surface area contributed by atoms with Gasteiger partial charge in [-0.05, 0) is 44.7 Å². The second kappa shape index (κ2) is 9.35. The molecule has 1 saturated heterocycles. The molecule has 1 aromatic heterocycles. The van der Waals surface area contributed by atoms with Crippen molar-refractivity contribution in [2.75, 3.05) is 6.61 Å². The Labute approximate surface area is 165 Å². The molecule has 1 fully saturated rings. The maximum atomic E-state index is 12.4. The van der Waals surface area contributed by atoms with Gasteiger partial charge in [0.25, 0.3) is 5.91 Å². The first-order valence-electron chi connectivity index (χ1n) is 9.75. The van der Waals surface area contributed by atoms with Crippen LogP contribution in [-0.4, -0.2) is 45.2 Å². The normalized spacial score (nSPS) is 19.7. The van der Waals surface area contributed by atoms with E-state index in [4.69, 9.17) is 4.74 Å². The first-order valence-corrected chi connectivity index (χ1v) is 9.75. The average molecular weight is 381 g/mol. The minimum absolute atomic E-state index is 0.128. The van der Waals surface area contributed by atoms with Crippen molar-refractivity contribution in [3.05, 3.63) is 59.9 Å². The number of ether oxygens (including phenoxy) is 1. The van der Waals surface area contributed by atoms with Crippen molar-refractivity contribution in [3.8, 4) is 0 Å². The summed E-state index contributed by atoms with van der Waals surface area (Å²) in [5.41, 5.74) is 1.96. The van der Waals surface area contributed by atoms with E-state index in [2.05, 4.69) is 5.10 Å². The van der Waals surface area contributed by atoms with Crippen molar-refractivity contribution >= 4 is 18.0 Å². The summed E-state index contributed by atoms with van der Waals surface area (Å²) in [5, 5.41) is 4.29. The molecule has 1 amide bonds. The number of amides is 1. The fourth-order valence-electron chi connectivity index (χ4n) is 3.66. The van der Waals surface area contributed by atoms with Gasteiger partial charge >= 0.3 is 5.97 Å². The Morgan fingerprint density at radius 3 is 2.61 bits per heavy atom. The molecule has 0 saturated carbocycles. The van der Waals surface area contributed by atoms with Crippen molar-refractivity contribution in [1.82, 2.24) is 14.7 Å². The number of nitrogens with zero attached hydrogens (tertiary/aromatic N) is 3. The Balaban J connectivity index is 1.48. The second-order valence-electron chi connectivity index (χ2n) is 7.33. The lowest BCUT2D eigenvalue weighted by molar-refractivity contribution is -0.151. The lowest BCUT2D eigenvalue weighted by Gasteiger charge is -2.38. The van der Waals surface area contributed by atoms with Crippen molar-refractivity contribution < 1.29 is 14.3 Å². The minimum atomic E-state index is -0.526. The number of benzene rings is 1. The Hall–Kier alpha value is -2.89. The van der Waals surface area contributed by atoms with E-state index in [0.717, 1.165) is 30.4 Å². The summed E-state index contributed by atoms with van der Waals surface area (Å²) in [6.45, 7) is 4.54. The van der Waals surface area contributed by atoms with Crippen LogP contribution < -0.4 is 0 Å². The molecule has 0 bridgehead atoms. The van der Waals surface area contributed by atoms with E-state index < -0.39 is 5.97 Å². The summed E-state index contributed by atoms with van der Waals surface area (Å²) in [6, 6.07) is 10.4. The molecule has 1 aliphatic heterocycles. The van der Waals surface area contributed by atoms with Crippen LogP contribution in [0.1, 0.15) is 44.2 Å². The van der Waals surface area contributed by atoms with Crippen LogP contribution in [0.4, 0.5) is 0 Å². The van der Waals surface area contributed by atoms with Crippen LogP contribution in [0, 0.1) is 0 Å². The molecule has 0 radical (unpaired) electrons. The van der Waals surface area contributed by atoms with Gasteiger partial charge in [-0.15, -0.1) is 0 Å². The highest BCUT2D eigenvalue weighted by Gasteiger charge is 2.29. The number of aromatic nitrogens is 2. The Morgan fingerprint density at radius 1 is 1.18 bits per heavy atom. The maximum absolute atomic E-state index is 12.4. The fraction of sp³-hybridized carbons (Fsp3) is 0.409. The molecule has 2 atom stereocenters. The summed E-state index contributed by atoms with van der Waals surface area (Å²) in [7, 11) is 0. The summed E-state index contributed by atoms with van der Waals surface area (Å²) in [6.07, 6.45) is 9.65. The van der Waals surface area contributed by atoms with Crippen LogP contribution in [0.15, 0.2) is 48.8 Å². The highest BCUT2D eigenvalue weighted by atomic mass is 16.5. The molecule has 0 aliphatic carbocycles. The molecule has 0 N–H and O–H groups in total. The van der Waals surface area contributed by atoms with Crippen LogP contribution >= 0.6 is 0 Å². The molecule has 148 valence electrons. The molecule has 1 aliphatic rings. The molecule has 3 rings (SSSR count). The topological polar surface area (TPSA) is 64.4 Å². The van der Waals surface area contributed by atoms with Gasteiger partial charge in [-0.2, -0.15) is 5.10 Å². The van der Waals surface area contributed by atoms with Gasteiger partial charge in [0.05, 0.1) is 12.7 Å². The third kappa shape index (κ3) is 5.31. The maximum Gasteiger partial charge on any atom is 0.331 e. The van der Waals surface area contributed by atoms with Gasteiger partial charge in [0.15, 0.2) is 6.61 Å². The fourth-order valence-corrected chi connectivity index (χ4v) is 3.66. The smallest absolute Gasteiger partial charge is 0.331 e. The van der Waals surface area contributed by atoms with Crippen molar-refractivity contribution in [1.29, 1.82) is 0 Å². The van der Waals surface area contributed by atoms with E-state index >= 15 is 0 Å². The van der Waals surface area contributed by atoms with Crippen LogP contribution in [-0.2, 0) is 20.9 Å². The predicted octanol–water partition coefficient (Wildman–Crippen LogP) is 3.28. The van der Waals surface area contributed by atoms with Crippen LogP contribution in [0.5, 0.6) is 0 Å². The number of hydrogen-bond acceptors (Lipinski definition) is 4. The molecule has 1 aromatic carbocycles. The zero-order valence-electron chi connectivity index (χ0n) is 16.5. The number of hydrogen-bond donors (Lipinski definition) is 0. The van der Waals surface area contributed by atoms with E-state index in [1.807, 2.05) is 60.0 Å². The molecular weight excluding hydrogens is 354 g/mol. The Morgan fingerprint density at radius 2 is 1.89 bits per heavy atom. The van der Waals surface area contributed by atoms with Crippen LogP contribution in [0.25, 0.3) is 6.08 Å². The van der Waals surface area contributed by atoms with Crippen molar-refractivity contribution in [2.24, 2.45) is 0 Å². The number of esters is 1. The van der Waals surface area contributed by atoms with Gasteiger partial charge in [-0.1, -0.05) is 30.3 Å². The van der Waals surface area contributed by atoms with Crippen LogP contribution in [0.2, 0.25) is 0 Å². The predicted molar refractivity (Wildman–Crippen MR) is 107 cm³/mol. The monoisotopic (exact) mass is 381 g/mol. The first kappa shape index (κ1) is 19.9. The van der Waals surface area contributed by atoms with Gasteiger partial charge in [-0.25, -0.2) is 4.79 Å². The molecule has 0 spiro atoms. The van der Waals surface area contributed by atoms with Gasteiger partial charge in [0.2, 0.25) is 0 Å². The summed E-state index contributed by atoms with van der Waals surface area (Å²) >= 11 is 0. The van der Waals surface area contributed by atoms with Gasteiger partial charge in [0, 0.05) is 29.9 Å². The summed E-state index contributed by atoms with van der Waals surface area (Å²) < 4.78 is 6.94. The SMILES string of the molecule is C[C@H]1CCC[C@H](C)N1C(=O)COC(=O)/C=C/c1cnn(Cc2ccccc2)c1. The minimum Gasteiger partial charge on any atom is -0.452 e. The number of likely N-dealkylation sites (tertiary alicyclic amines) is 1. The highest BCUT2D eigenvalue weighted by Crippen LogP contribution is 2.22. The number of piperidine rings is 1. The number of carbonyl (C=O) groups excluding carboxylic acids is 2. The van der Waals surface area contributed by atoms with E-state index in [9.17, 15) is 9.59 Å². The zero-order chi connectivity index (χ0) is 19.9. The number of rotatable bonds is 6.